The van der Waals surface area contributed by atoms with Crippen molar-refractivity contribution in [1.82, 2.24) is 14.9 Å². The van der Waals surface area contributed by atoms with Gasteiger partial charge >= 0.3 is 0 Å². The van der Waals surface area contributed by atoms with E-state index in [2.05, 4.69) is 15.6 Å². The van der Waals surface area contributed by atoms with Gasteiger partial charge in [-0.05, 0) is 36.8 Å². The van der Waals surface area contributed by atoms with Crippen LogP contribution in [0.15, 0.2) is 67.3 Å². The normalized spacial score (nSPS) is 11.6. The van der Waals surface area contributed by atoms with E-state index in [1.807, 2.05) is 66.2 Å². The van der Waals surface area contributed by atoms with Crippen LogP contribution in [-0.2, 0) is 9.59 Å². The van der Waals surface area contributed by atoms with Crippen molar-refractivity contribution in [2.75, 3.05) is 5.32 Å². The monoisotopic (exact) mass is 362 g/mol. The Morgan fingerprint density at radius 1 is 1.07 bits per heavy atom. The Bertz CT molecular complexity index is 900. The van der Waals surface area contributed by atoms with Gasteiger partial charge in [0, 0.05) is 30.7 Å². The Morgan fingerprint density at radius 2 is 1.78 bits per heavy atom. The molecule has 6 heteroatoms. The molecule has 0 aliphatic carbocycles. The molecule has 1 unspecified atom stereocenters. The highest BCUT2D eigenvalue weighted by Crippen LogP contribution is 2.19. The molecule has 1 heterocycles. The Balaban J connectivity index is 1.66. The third-order valence-electron chi connectivity index (χ3n) is 4.20. The molecule has 0 saturated carbocycles. The van der Waals surface area contributed by atoms with Gasteiger partial charge in [-0.25, -0.2) is 4.98 Å². The fourth-order valence-electron chi connectivity index (χ4n) is 2.82. The molecule has 0 saturated heterocycles. The summed E-state index contributed by atoms with van der Waals surface area (Å²) in [5, 5.41) is 5.73. The first kappa shape index (κ1) is 18.4. The Hall–Kier alpha value is -3.41. The van der Waals surface area contributed by atoms with E-state index in [4.69, 9.17) is 0 Å². The minimum atomic E-state index is -0.367. The smallest absolute Gasteiger partial charge is 0.226 e. The average molecular weight is 362 g/mol. The Labute approximate surface area is 158 Å². The van der Waals surface area contributed by atoms with E-state index in [9.17, 15) is 9.59 Å². The molecule has 2 aromatic carbocycles. The fraction of sp³-hybridized carbons (Fsp3) is 0.190. The first-order valence-electron chi connectivity index (χ1n) is 8.73. The third-order valence-corrected chi connectivity index (χ3v) is 4.20. The second-order valence-corrected chi connectivity index (χ2v) is 6.43. The number of hydrogen-bond donors (Lipinski definition) is 2. The highest BCUT2D eigenvalue weighted by atomic mass is 16.2. The van der Waals surface area contributed by atoms with Gasteiger partial charge in [0.15, 0.2) is 0 Å². The number of anilines is 1. The number of nitrogens with one attached hydrogen (secondary N) is 2. The van der Waals surface area contributed by atoms with Crippen LogP contribution in [0.5, 0.6) is 0 Å². The summed E-state index contributed by atoms with van der Waals surface area (Å²) in [5.41, 5.74) is 3.69. The molecule has 0 spiro atoms. The van der Waals surface area contributed by atoms with Gasteiger partial charge in [0.25, 0.3) is 0 Å². The van der Waals surface area contributed by atoms with Crippen molar-refractivity contribution in [3.05, 3.63) is 78.4 Å². The number of carbonyl (C=O) groups excluding carboxylic acids is 2. The predicted octanol–water partition coefficient (Wildman–Crippen LogP) is 3.39. The zero-order valence-corrected chi connectivity index (χ0v) is 15.3. The largest absolute Gasteiger partial charge is 0.349 e. The number of amides is 2. The van der Waals surface area contributed by atoms with Gasteiger partial charge in [0.1, 0.15) is 0 Å². The molecular weight excluding hydrogens is 340 g/mol. The van der Waals surface area contributed by atoms with Crippen LogP contribution in [0.2, 0.25) is 0 Å². The van der Waals surface area contributed by atoms with E-state index in [1.54, 1.807) is 12.5 Å². The lowest BCUT2D eigenvalue weighted by Crippen LogP contribution is -2.29. The van der Waals surface area contributed by atoms with Crippen LogP contribution in [-0.4, -0.2) is 21.4 Å². The number of imidazole rings is 1. The summed E-state index contributed by atoms with van der Waals surface area (Å²) >= 11 is 0. The number of hydrogen-bond acceptors (Lipinski definition) is 3. The number of rotatable bonds is 6. The summed E-state index contributed by atoms with van der Waals surface area (Å²) < 4.78 is 1.88. The topological polar surface area (TPSA) is 76.0 Å². The number of carbonyl (C=O) groups is 2. The summed E-state index contributed by atoms with van der Waals surface area (Å²) in [5.74, 6) is -0.331. The van der Waals surface area contributed by atoms with E-state index < -0.39 is 0 Å². The fourth-order valence-corrected chi connectivity index (χ4v) is 2.82. The van der Waals surface area contributed by atoms with Crippen LogP contribution in [0.3, 0.4) is 0 Å². The lowest BCUT2D eigenvalue weighted by atomic mass is 10.0. The molecule has 3 aromatic rings. The van der Waals surface area contributed by atoms with Crippen molar-refractivity contribution >= 4 is 17.5 Å². The maximum absolute atomic E-state index is 12.5. The van der Waals surface area contributed by atoms with Gasteiger partial charge in [-0.2, -0.15) is 0 Å². The number of nitrogens with zero attached hydrogens (tertiary/aromatic N) is 2. The first-order valence-corrected chi connectivity index (χ1v) is 8.73. The number of aryl methyl sites for hydroxylation is 1. The van der Waals surface area contributed by atoms with Gasteiger partial charge in [-0.1, -0.05) is 29.8 Å². The molecule has 27 heavy (non-hydrogen) atoms. The van der Waals surface area contributed by atoms with Crippen molar-refractivity contribution in [2.45, 2.75) is 26.3 Å². The van der Waals surface area contributed by atoms with Crippen molar-refractivity contribution in [1.29, 1.82) is 0 Å². The van der Waals surface area contributed by atoms with Crippen molar-refractivity contribution in [2.24, 2.45) is 0 Å². The molecule has 0 fully saturated rings. The lowest BCUT2D eigenvalue weighted by Gasteiger charge is -2.18. The van der Waals surface area contributed by atoms with Crippen LogP contribution < -0.4 is 10.6 Å². The number of aromatic nitrogens is 2. The Kier molecular flexibility index (Phi) is 5.66. The predicted molar refractivity (Wildman–Crippen MR) is 105 cm³/mol. The van der Waals surface area contributed by atoms with E-state index in [0.717, 1.165) is 16.8 Å². The van der Waals surface area contributed by atoms with E-state index >= 15 is 0 Å². The summed E-state index contributed by atoms with van der Waals surface area (Å²) in [6.45, 7) is 3.45. The number of benzene rings is 2. The third kappa shape index (κ3) is 5.04. The quantitative estimate of drug-likeness (QED) is 0.706. The standard InChI is InChI=1S/C21H22N4O2/c1-15-3-5-17(6-4-15)20(23-16(2)26)13-21(27)24-18-7-9-19(10-8-18)25-12-11-22-14-25/h3-12,14,20H,13H2,1-2H3,(H,23,26)(H,24,27). The summed E-state index contributed by atoms with van der Waals surface area (Å²) in [6.07, 6.45) is 5.44. The average Bonchev–Trinajstić information content (AvgIpc) is 3.17. The van der Waals surface area contributed by atoms with Gasteiger partial charge in [-0.15, -0.1) is 0 Å². The van der Waals surface area contributed by atoms with Crippen molar-refractivity contribution < 1.29 is 9.59 Å². The van der Waals surface area contributed by atoms with Crippen molar-refractivity contribution in [3.8, 4) is 5.69 Å². The van der Waals surface area contributed by atoms with E-state index in [1.165, 1.54) is 6.92 Å². The van der Waals surface area contributed by atoms with E-state index in [-0.39, 0.29) is 24.3 Å². The molecule has 0 aliphatic rings. The molecule has 2 amide bonds. The highest BCUT2D eigenvalue weighted by molar-refractivity contribution is 5.91. The molecule has 138 valence electrons. The second kappa shape index (κ2) is 8.31. The van der Waals surface area contributed by atoms with E-state index in [0.29, 0.717) is 5.69 Å². The molecule has 6 nitrogen and oxygen atoms in total. The van der Waals surface area contributed by atoms with Crippen LogP contribution in [0.1, 0.15) is 30.5 Å². The molecule has 1 aromatic heterocycles. The SMILES string of the molecule is CC(=O)NC(CC(=O)Nc1ccc(-n2ccnc2)cc1)c1ccc(C)cc1. The summed E-state index contributed by atoms with van der Waals surface area (Å²) in [4.78, 5) is 28.0. The molecule has 0 radical (unpaired) electrons. The van der Waals surface area contributed by atoms with Crippen LogP contribution in [0.4, 0.5) is 5.69 Å². The van der Waals surface area contributed by atoms with Gasteiger partial charge < -0.3 is 15.2 Å². The second-order valence-electron chi connectivity index (χ2n) is 6.43. The minimum absolute atomic E-state index is 0.159. The zero-order chi connectivity index (χ0) is 19.2. The van der Waals surface area contributed by atoms with Crippen LogP contribution in [0.25, 0.3) is 5.69 Å². The summed E-state index contributed by atoms with van der Waals surface area (Å²) in [6, 6.07) is 14.9. The maximum Gasteiger partial charge on any atom is 0.226 e. The maximum atomic E-state index is 12.5. The molecular formula is C21H22N4O2. The highest BCUT2D eigenvalue weighted by Gasteiger charge is 2.17. The molecule has 0 bridgehead atoms. The van der Waals surface area contributed by atoms with Gasteiger partial charge in [0.05, 0.1) is 18.8 Å². The first-order chi connectivity index (χ1) is 13.0. The van der Waals surface area contributed by atoms with Crippen LogP contribution in [0, 0.1) is 6.92 Å². The molecule has 3 rings (SSSR count). The lowest BCUT2D eigenvalue weighted by molar-refractivity contribution is -0.120. The molecule has 2 N–H and O–H groups in total. The Morgan fingerprint density at radius 3 is 2.37 bits per heavy atom. The minimum Gasteiger partial charge on any atom is -0.349 e. The molecule has 1 atom stereocenters. The van der Waals surface area contributed by atoms with Crippen molar-refractivity contribution in [3.63, 3.8) is 0 Å². The van der Waals surface area contributed by atoms with Gasteiger partial charge in [-0.3, -0.25) is 9.59 Å². The summed E-state index contributed by atoms with van der Waals surface area (Å²) in [7, 11) is 0. The van der Waals surface area contributed by atoms with Gasteiger partial charge in [0.2, 0.25) is 11.8 Å². The molecule has 0 aliphatic heterocycles. The zero-order valence-electron chi connectivity index (χ0n) is 15.3. The van der Waals surface area contributed by atoms with Crippen LogP contribution >= 0.6 is 0 Å².